The molecule has 0 radical (unpaired) electrons. The van der Waals surface area contributed by atoms with Gasteiger partial charge in [-0.15, -0.1) is 0 Å². The first-order chi connectivity index (χ1) is 12.7. The Kier molecular flexibility index (Phi) is 4.19. The van der Waals surface area contributed by atoms with E-state index in [4.69, 9.17) is 4.74 Å². The number of rotatable bonds is 4. The highest BCUT2D eigenvalue weighted by Crippen LogP contribution is 2.28. The lowest BCUT2D eigenvalue weighted by Crippen LogP contribution is -2.10. The first-order valence-electron chi connectivity index (χ1n) is 8.17. The number of aromatic nitrogens is 2. The second-order valence-corrected chi connectivity index (χ2v) is 5.81. The number of para-hydroxylation sites is 2. The molecule has 0 atom stereocenters. The van der Waals surface area contributed by atoms with Gasteiger partial charge in [0.25, 0.3) is 5.56 Å². The minimum Gasteiger partial charge on any atom is -0.488 e. The second kappa shape index (κ2) is 6.80. The molecule has 0 amide bonds. The van der Waals surface area contributed by atoms with Gasteiger partial charge in [0.15, 0.2) is 0 Å². The average molecular weight is 346 g/mol. The lowest BCUT2D eigenvalue weighted by atomic mass is 10.1. The van der Waals surface area contributed by atoms with E-state index in [1.165, 1.54) is 6.07 Å². The molecule has 0 unspecified atom stereocenters. The maximum Gasteiger partial charge on any atom is 0.259 e. The van der Waals surface area contributed by atoms with Gasteiger partial charge < -0.3 is 9.72 Å². The summed E-state index contributed by atoms with van der Waals surface area (Å²) >= 11 is 0. The molecule has 4 nitrogen and oxygen atoms in total. The zero-order valence-corrected chi connectivity index (χ0v) is 13.8. The van der Waals surface area contributed by atoms with Gasteiger partial charge in [-0.3, -0.25) is 4.79 Å². The number of hydrogen-bond acceptors (Lipinski definition) is 3. The highest BCUT2D eigenvalue weighted by Gasteiger charge is 2.11. The van der Waals surface area contributed by atoms with Crippen LogP contribution in [0.5, 0.6) is 5.75 Å². The predicted octanol–water partition coefficient (Wildman–Crippen LogP) is 4.31. The molecule has 1 aromatic heterocycles. The van der Waals surface area contributed by atoms with Crippen molar-refractivity contribution in [3.63, 3.8) is 0 Å². The Morgan fingerprint density at radius 3 is 2.54 bits per heavy atom. The highest BCUT2D eigenvalue weighted by molar-refractivity contribution is 5.80. The van der Waals surface area contributed by atoms with Crippen LogP contribution < -0.4 is 10.3 Å². The SMILES string of the molecule is O=c1[nH]c(-c2ccccc2OCc2ccccc2F)nc2ccccc12. The van der Waals surface area contributed by atoms with Crippen molar-refractivity contribution < 1.29 is 9.13 Å². The van der Waals surface area contributed by atoms with Crippen molar-refractivity contribution in [3.8, 4) is 17.1 Å². The number of hydrogen-bond donors (Lipinski definition) is 1. The normalized spacial score (nSPS) is 10.8. The molecule has 4 aromatic rings. The number of halogens is 1. The molecule has 0 aliphatic carbocycles. The fraction of sp³-hybridized carbons (Fsp3) is 0.0476. The summed E-state index contributed by atoms with van der Waals surface area (Å²) in [7, 11) is 0. The van der Waals surface area contributed by atoms with Gasteiger partial charge in [0.2, 0.25) is 0 Å². The largest absolute Gasteiger partial charge is 0.488 e. The Morgan fingerprint density at radius 2 is 1.65 bits per heavy atom. The standard InChI is InChI=1S/C21H15FN2O2/c22-17-10-4-1-7-14(17)13-26-19-12-6-3-9-16(19)20-23-18-11-5-2-8-15(18)21(25)24-20/h1-12H,13H2,(H,23,24,25). The molecule has 0 saturated carbocycles. The van der Waals surface area contributed by atoms with Crippen molar-refractivity contribution in [2.45, 2.75) is 6.61 Å². The summed E-state index contributed by atoms with van der Waals surface area (Å²) in [6, 6.07) is 20.8. The molecule has 0 spiro atoms. The van der Waals surface area contributed by atoms with E-state index in [0.717, 1.165) is 0 Å². The Morgan fingerprint density at radius 1 is 0.923 bits per heavy atom. The fourth-order valence-corrected chi connectivity index (χ4v) is 2.77. The lowest BCUT2D eigenvalue weighted by molar-refractivity contribution is 0.301. The third-order valence-corrected chi connectivity index (χ3v) is 4.10. The van der Waals surface area contributed by atoms with Gasteiger partial charge in [0, 0.05) is 5.56 Å². The van der Waals surface area contributed by atoms with Crippen molar-refractivity contribution in [1.82, 2.24) is 9.97 Å². The summed E-state index contributed by atoms with van der Waals surface area (Å²) in [6.07, 6.45) is 0. The highest BCUT2D eigenvalue weighted by atomic mass is 19.1. The number of ether oxygens (including phenoxy) is 1. The molecule has 0 aliphatic heterocycles. The molecule has 26 heavy (non-hydrogen) atoms. The van der Waals surface area contributed by atoms with Crippen LogP contribution in [0.3, 0.4) is 0 Å². The maximum absolute atomic E-state index is 13.8. The summed E-state index contributed by atoms with van der Waals surface area (Å²) in [5, 5.41) is 0.529. The predicted molar refractivity (Wildman–Crippen MR) is 98.5 cm³/mol. The molecule has 1 N–H and O–H groups in total. The van der Waals surface area contributed by atoms with E-state index >= 15 is 0 Å². The quantitative estimate of drug-likeness (QED) is 0.599. The van der Waals surface area contributed by atoms with Gasteiger partial charge in [-0.2, -0.15) is 0 Å². The van der Waals surface area contributed by atoms with Gasteiger partial charge in [-0.1, -0.05) is 42.5 Å². The van der Waals surface area contributed by atoms with Gasteiger partial charge in [0.1, 0.15) is 24.0 Å². The number of aromatic amines is 1. The molecule has 5 heteroatoms. The van der Waals surface area contributed by atoms with E-state index in [2.05, 4.69) is 9.97 Å². The van der Waals surface area contributed by atoms with Crippen LogP contribution in [0.1, 0.15) is 5.56 Å². The van der Waals surface area contributed by atoms with Crippen molar-refractivity contribution >= 4 is 10.9 Å². The Labute approximate surface area is 148 Å². The van der Waals surface area contributed by atoms with Gasteiger partial charge in [0.05, 0.1) is 16.5 Å². The van der Waals surface area contributed by atoms with E-state index < -0.39 is 0 Å². The fourth-order valence-electron chi connectivity index (χ4n) is 2.77. The first-order valence-corrected chi connectivity index (χ1v) is 8.17. The van der Waals surface area contributed by atoms with E-state index in [1.54, 1.807) is 42.5 Å². The molecule has 0 aliphatic rings. The topological polar surface area (TPSA) is 55.0 Å². The van der Waals surface area contributed by atoms with Crippen LogP contribution in [0.2, 0.25) is 0 Å². The monoisotopic (exact) mass is 346 g/mol. The number of benzene rings is 3. The number of nitrogens with zero attached hydrogens (tertiary/aromatic N) is 1. The third-order valence-electron chi connectivity index (χ3n) is 4.10. The number of H-pyrrole nitrogens is 1. The molecule has 128 valence electrons. The maximum atomic E-state index is 13.8. The smallest absolute Gasteiger partial charge is 0.259 e. The molecule has 0 fully saturated rings. The van der Waals surface area contributed by atoms with Crippen LogP contribution in [0.25, 0.3) is 22.3 Å². The summed E-state index contributed by atoms with van der Waals surface area (Å²) in [4.78, 5) is 19.6. The van der Waals surface area contributed by atoms with Crippen LogP contribution >= 0.6 is 0 Å². The second-order valence-electron chi connectivity index (χ2n) is 5.81. The molecular weight excluding hydrogens is 331 g/mol. The van der Waals surface area contributed by atoms with Crippen LogP contribution in [-0.2, 0) is 6.61 Å². The minimum absolute atomic E-state index is 0.0848. The summed E-state index contributed by atoms with van der Waals surface area (Å²) in [6.45, 7) is 0.0848. The van der Waals surface area contributed by atoms with Crippen LogP contribution in [0.4, 0.5) is 4.39 Å². The Bertz CT molecular complexity index is 1140. The molecular formula is C21H15FN2O2. The third kappa shape index (κ3) is 3.07. The Hall–Kier alpha value is -3.47. The van der Waals surface area contributed by atoms with Gasteiger partial charge in [-0.25, -0.2) is 9.37 Å². The van der Waals surface area contributed by atoms with Crippen molar-refractivity contribution in [2.75, 3.05) is 0 Å². The van der Waals surface area contributed by atoms with Crippen LogP contribution in [-0.4, -0.2) is 9.97 Å². The van der Waals surface area contributed by atoms with E-state index in [1.807, 2.05) is 24.3 Å². The Balaban J connectivity index is 1.72. The van der Waals surface area contributed by atoms with Crippen LogP contribution in [0.15, 0.2) is 77.6 Å². The molecule has 0 bridgehead atoms. The zero-order valence-electron chi connectivity index (χ0n) is 13.8. The molecule has 3 aromatic carbocycles. The van der Waals surface area contributed by atoms with E-state index in [0.29, 0.717) is 33.6 Å². The molecule has 0 saturated heterocycles. The van der Waals surface area contributed by atoms with Crippen molar-refractivity contribution in [3.05, 3.63) is 94.5 Å². The molecule has 4 rings (SSSR count). The summed E-state index contributed by atoms with van der Waals surface area (Å²) < 4.78 is 19.6. The first kappa shape index (κ1) is 16.0. The molecule has 1 heterocycles. The van der Waals surface area contributed by atoms with Crippen molar-refractivity contribution in [1.29, 1.82) is 0 Å². The summed E-state index contributed by atoms with van der Waals surface area (Å²) in [5.74, 6) is 0.620. The number of nitrogens with one attached hydrogen (secondary N) is 1. The van der Waals surface area contributed by atoms with E-state index in [-0.39, 0.29) is 18.0 Å². The van der Waals surface area contributed by atoms with Gasteiger partial charge in [-0.05, 0) is 30.3 Å². The number of fused-ring (bicyclic) bond motifs is 1. The van der Waals surface area contributed by atoms with Gasteiger partial charge >= 0.3 is 0 Å². The van der Waals surface area contributed by atoms with Crippen LogP contribution in [0, 0.1) is 5.82 Å². The van der Waals surface area contributed by atoms with E-state index in [9.17, 15) is 9.18 Å². The van der Waals surface area contributed by atoms with Crippen molar-refractivity contribution in [2.24, 2.45) is 0 Å². The lowest BCUT2D eigenvalue weighted by Gasteiger charge is -2.12. The summed E-state index contributed by atoms with van der Waals surface area (Å²) in [5.41, 5.74) is 1.50. The minimum atomic E-state index is -0.317. The zero-order chi connectivity index (χ0) is 17.9. The average Bonchev–Trinajstić information content (AvgIpc) is 2.67.